The summed E-state index contributed by atoms with van der Waals surface area (Å²) in [5, 5.41) is 29.2. The number of ether oxygens (including phenoxy) is 2. The lowest BCUT2D eigenvalue weighted by molar-refractivity contribution is -0.390. The van der Waals surface area contributed by atoms with Crippen molar-refractivity contribution < 1.29 is 33.7 Å². The minimum Gasteiger partial charge on any atom is -0.431 e. The van der Waals surface area contributed by atoms with Crippen molar-refractivity contribution >= 4 is 29.6 Å². The zero-order valence-corrected chi connectivity index (χ0v) is 18.2. The Kier molecular flexibility index (Phi) is 8.19. The number of carbonyl (C=O) groups is 3. The zero-order chi connectivity index (χ0) is 25.6. The van der Waals surface area contributed by atoms with Crippen LogP contribution in [-0.4, -0.2) is 59.6 Å². The Balaban J connectivity index is 1.82. The van der Waals surface area contributed by atoms with Crippen LogP contribution < -0.4 is 11.5 Å². The number of aryl methyl sites for hydroxylation is 2. The second-order valence-electron chi connectivity index (χ2n) is 7.19. The van der Waals surface area contributed by atoms with Crippen LogP contribution in [0.1, 0.15) is 47.4 Å². The molecule has 17 nitrogen and oxygen atoms in total. The molecule has 184 valence electrons. The van der Waals surface area contributed by atoms with Crippen molar-refractivity contribution in [1.82, 2.24) is 19.6 Å². The van der Waals surface area contributed by atoms with Crippen molar-refractivity contribution in [3.63, 3.8) is 0 Å². The number of nitrogens with two attached hydrogens (primary N) is 2. The highest BCUT2D eigenvalue weighted by molar-refractivity contribution is 5.96. The maximum absolute atomic E-state index is 12.0. The molecule has 0 saturated heterocycles. The summed E-state index contributed by atoms with van der Waals surface area (Å²) in [7, 11) is 0. The fraction of sp³-hybridized carbons (Fsp3) is 0.471. The van der Waals surface area contributed by atoms with E-state index in [1.165, 1.54) is 0 Å². The zero-order valence-electron chi connectivity index (χ0n) is 18.2. The van der Waals surface area contributed by atoms with Gasteiger partial charge in [0.2, 0.25) is 0 Å². The molecule has 2 heterocycles. The molecule has 0 spiro atoms. The molecule has 2 aromatic rings. The van der Waals surface area contributed by atoms with Crippen LogP contribution in [-0.2, 0) is 22.6 Å². The van der Waals surface area contributed by atoms with Gasteiger partial charge in [-0.3, -0.25) is 9.59 Å². The third-order valence-electron chi connectivity index (χ3n) is 4.49. The number of aromatic nitrogens is 4. The molecule has 2 rings (SSSR count). The molecule has 0 aliphatic carbocycles. The molecule has 0 radical (unpaired) electrons. The highest BCUT2D eigenvalue weighted by Gasteiger charge is 2.26. The molecular weight excluding hydrogens is 460 g/mol. The normalized spacial score (nSPS) is 12.5. The number of hydrogen-bond acceptors (Lipinski definition) is 11. The average molecular weight is 482 g/mol. The van der Waals surface area contributed by atoms with Gasteiger partial charge in [-0.1, -0.05) is 0 Å². The van der Waals surface area contributed by atoms with Crippen LogP contribution >= 0.6 is 0 Å². The summed E-state index contributed by atoms with van der Waals surface area (Å²) in [5.74, 6) is -3.31. The average Bonchev–Trinajstić information content (AvgIpc) is 3.35. The molecule has 0 aromatic carbocycles. The molecule has 0 bridgehead atoms. The molecule has 0 aliphatic rings. The number of carbonyl (C=O) groups excluding carboxylic acids is 3. The van der Waals surface area contributed by atoms with Gasteiger partial charge in [-0.2, -0.15) is 9.36 Å². The third kappa shape index (κ3) is 6.71. The summed E-state index contributed by atoms with van der Waals surface area (Å²) in [6.45, 7) is 3.32. The summed E-state index contributed by atoms with van der Waals surface area (Å²) in [6.07, 6.45) is 0.376. The Morgan fingerprint density at radius 2 is 1.24 bits per heavy atom. The molecule has 0 saturated carbocycles. The largest absolute Gasteiger partial charge is 0.508 e. The first-order chi connectivity index (χ1) is 15.9. The van der Waals surface area contributed by atoms with Gasteiger partial charge >= 0.3 is 17.8 Å². The Hall–Kier alpha value is -4.57. The molecule has 4 N–H and O–H groups in total. The maximum Gasteiger partial charge on any atom is 0.508 e. The fourth-order valence-corrected chi connectivity index (χ4v) is 2.77. The van der Waals surface area contributed by atoms with Gasteiger partial charge in [-0.05, 0) is 23.7 Å². The smallest absolute Gasteiger partial charge is 0.431 e. The first-order valence-electron chi connectivity index (χ1n) is 9.79. The van der Waals surface area contributed by atoms with Gasteiger partial charge in [0.15, 0.2) is 11.1 Å². The lowest BCUT2D eigenvalue weighted by Gasteiger charge is -2.16. The van der Waals surface area contributed by atoms with Crippen molar-refractivity contribution in [2.75, 3.05) is 0 Å². The van der Waals surface area contributed by atoms with E-state index >= 15 is 0 Å². The second kappa shape index (κ2) is 10.8. The van der Waals surface area contributed by atoms with E-state index in [0.717, 1.165) is 21.8 Å². The summed E-state index contributed by atoms with van der Waals surface area (Å²) in [6, 6.07) is 0. The molecule has 34 heavy (non-hydrogen) atoms. The van der Waals surface area contributed by atoms with Gasteiger partial charge in [0.05, 0.1) is 35.7 Å². The predicted octanol–water partition coefficient (Wildman–Crippen LogP) is 0.504. The SMILES string of the molecule is CC(CCn1cc(C(N)=O)c([N+](=O)[O-])n1)OC(=O)OC(C)CCn1cc(C(N)=O)c([N+](=O)[O-])n1. The molecule has 0 aliphatic heterocycles. The number of nitrogens with zero attached hydrogens (tertiary/aromatic N) is 6. The van der Waals surface area contributed by atoms with Gasteiger partial charge in [-0.25, -0.2) is 4.79 Å². The first kappa shape index (κ1) is 25.7. The number of amides is 2. The molecule has 0 fully saturated rings. The summed E-state index contributed by atoms with van der Waals surface area (Å²) >= 11 is 0. The topological polar surface area (TPSA) is 244 Å². The molecule has 2 atom stereocenters. The highest BCUT2D eigenvalue weighted by atomic mass is 16.7. The number of hydrogen-bond donors (Lipinski definition) is 2. The minimum atomic E-state index is -0.990. The molecule has 17 heteroatoms. The second-order valence-corrected chi connectivity index (χ2v) is 7.19. The number of primary amides is 2. The van der Waals surface area contributed by atoms with Crippen molar-refractivity contribution in [3.8, 4) is 0 Å². The predicted molar refractivity (Wildman–Crippen MR) is 111 cm³/mol. The summed E-state index contributed by atoms with van der Waals surface area (Å²) in [5.41, 5.74) is 9.51. The molecule has 2 unspecified atom stereocenters. The van der Waals surface area contributed by atoms with Crippen molar-refractivity contribution in [2.45, 2.75) is 52.0 Å². The fourth-order valence-electron chi connectivity index (χ4n) is 2.77. The van der Waals surface area contributed by atoms with Crippen LogP contribution in [0.2, 0.25) is 0 Å². The van der Waals surface area contributed by atoms with Crippen LogP contribution in [0, 0.1) is 20.2 Å². The van der Waals surface area contributed by atoms with Crippen LogP contribution in [0.15, 0.2) is 12.4 Å². The monoisotopic (exact) mass is 482 g/mol. The van der Waals surface area contributed by atoms with Crippen molar-refractivity contribution in [3.05, 3.63) is 43.7 Å². The van der Waals surface area contributed by atoms with E-state index in [4.69, 9.17) is 20.9 Å². The lowest BCUT2D eigenvalue weighted by atomic mass is 10.3. The van der Waals surface area contributed by atoms with E-state index in [2.05, 4.69) is 10.2 Å². The van der Waals surface area contributed by atoms with E-state index in [9.17, 15) is 34.6 Å². The van der Waals surface area contributed by atoms with E-state index in [1.54, 1.807) is 13.8 Å². The Labute approximate surface area is 190 Å². The van der Waals surface area contributed by atoms with E-state index in [1.807, 2.05) is 0 Å². The van der Waals surface area contributed by atoms with E-state index < -0.39 is 51.7 Å². The summed E-state index contributed by atoms with van der Waals surface area (Å²) < 4.78 is 12.5. The van der Waals surface area contributed by atoms with Gasteiger partial charge in [-0.15, -0.1) is 0 Å². The van der Waals surface area contributed by atoms with Crippen LogP contribution in [0.3, 0.4) is 0 Å². The van der Waals surface area contributed by atoms with Gasteiger partial charge < -0.3 is 41.2 Å². The quantitative estimate of drug-likeness (QED) is 0.239. The third-order valence-corrected chi connectivity index (χ3v) is 4.49. The Morgan fingerprint density at radius 3 is 1.50 bits per heavy atom. The van der Waals surface area contributed by atoms with Crippen LogP contribution in [0.5, 0.6) is 0 Å². The first-order valence-corrected chi connectivity index (χ1v) is 9.79. The van der Waals surface area contributed by atoms with Crippen molar-refractivity contribution in [2.24, 2.45) is 11.5 Å². The molecular formula is C17H22N8O9. The summed E-state index contributed by atoms with van der Waals surface area (Å²) in [4.78, 5) is 54.7. The van der Waals surface area contributed by atoms with Gasteiger partial charge in [0.1, 0.15) is 12.2 Å². The minimum absolute atomic E-state index is 0.0956. The van der Waals surface area contributed by atoms with Gasteiger partial charge in [0, 0.05) is 12.8 Å². The van der Waals surface area contributed by atoms with E-state index in [0.29, 0.717) is 0 Å². The Morgan fingerprint density at radius 1 is 0.882 bits per heavy atom. The molecule has 2 amide bonds. The van der Waals surface area contributed by atoms with Gasteiger partial charge in [0.25, 0.3) is 11.8 Å². The highest BCUT2D eigenvalue weighted by Crippen LogP contribution is 2.17. The Bertz CT molecular complexity index is 961. The number of nitro groups is 2. The molecule has 2 aromatic heterocycles. The van der Waals surface area contributed by atoms with E-state index in [-0.39, 0.29) is 37.1 Å². The maximum atomic E-state index is 12.0. The lowest BCUT2D eigenvalue weighted by Crippen LogP contribution is -2.22. The number of rotatable bonds is 12. The standard InChI is InChI=1S/C17H22N8O9/c1-9(3-5-22-7-11(13(18)26)15(20-22)24(29)30)33-17(28)34-10(2)4-6-23-8-12(14(19)27)16(21-23)25(31)32/h7-10H,3-6H2,1-2H3,(H2,18,26)(H2,19,27). The van der Waals surface area contributed by atoms with Crippen LogP contribution in [0.25, 0.3) is 0 Å². The van der Waals surface area contributed by atoms with Crippen LogP contribution in [0.4, 0.5) is 16.4 Å². The van der Waals surface area contributed by atoms with Crippen molar-refractivity contribution in [1.29, 1.82) is 0 Å².